The fourth-order valence-corrected chi connectivity index (χ4v) is 4.14. The van der Waals surface area contributed by atoms with Crippen LogP contribution in [0.5, 0.6) is 0 Å². The van der Waals surface area contributed by atoms with Gasteiger partial charge in [-0.1, -0.05) is 79.2 Å². The molecular weight excluding hydrogens is 476 g/mol. The van der Waals surface area contributed by atoms with Crippen LogP contribution in [0, 0.1) is 0 Å². The number of imidazole rings is 1. The lowest BCUT2D eigenvalue weighted by atomic mass is 9.86. The standard InChI is InChI=1S/C27H23BrN4O/c1-27(2,3)19-11-9-18(10-12-19)24-30-25-23(29-17-31(25)21-7-5-4-6-8-21)26(33)32(24)22-15-13-20(28)14-16-22/h4-17H,1-3H3. The van der Waals surface area contributed by atoms with Crippen molar-refractivity contribution in [3.05, 3.63) is 106 Å². The molecule has 6 heteroatoms. The van der Waals surface area contributed by atoms with Gasteiger partial charge in [0.05, 0.1) is 5.69 Å². The molecule has 3 aromatic carbocycles. The van der Waals surface area contributed by atoms with Crippen LogP contribution in [-0.4, -0.2) is 19.1 Å². The highest BCUT2D eigenvalue weighted by molar-refractivity contribution is 9.10. The molecule has 0 aliphatic heterocycles. The summed E-state index contributed by atoms with van der Waals surface area (Å²) in [6, 6.07) is 25.7. The summed E-state index contributed by atoms with van der Waals surface area (Å²) >= 11 is 3.48. The fourth-order valence-electron chi connectivity index (χ4n) is 3.87. The van der Waals surface area contributed by atoms with Crippen molar-refractivity contribution in [3.8, 4) is 22.8 Å². The second kappa shape index (κ2) is 8.12. The first-order chi connectivity index (χ1) is 15.8. The molecule has 0 aliphatic rings. The Morgan fingerprint density at radius 2 is 1.48 bits per heavy atom. The second-order valence-corrected chi connectivity index (χ2v) is 9.92. The van der Waals surface area contributed by atoms with Crippen LogP contribution in [0.15, 0.2) is 94.5 Å². The molecule has 0 amide bonds. The van der Waals surface area contributed by atoms with Gasteiger partial charge in [-0.3, -0.25) is 13.9 Å². The first-order valence-corrected chi connectivity index (χ1v) is 11.5. The van der Waals surface area contributed by atoms with E-state index < -0.39 is 0 Å². The van der Waals surface area contributed by atoms with Gasteiger partial charge in [0.25, 0.3) is 5.56 Å². The maximum absolute atomic E-state index is 13.7. The zero-order valence-electron chi connectivity index (χ0n) is 18.7. The fraction of sp³-hybridized carbons (Fsp3) is 0.148. The van der Waals surface area contributed by atoms with E-state index >= 15 is 0 Å². The molecule has 5 aromatic rings. The zero-order valence-corrected chi connectivity index (χ0v) is 20.2. The summed E-state index contributed by atoms with van der Waals surface area (Å²) in [7, 11) is 0. The number of fused-ring (bicyclic) bond motifs is 1. The number of para-hydroxylation sites is 1. The predicted octanol–water partition coefficient (Wildman–Crippen LogP) is 6.30. The van der Waals surface area contributed by atoms with E-state index in [1.807, 2.05) is 71.3 Å². The third-order valence-electron chi connectivity index (χ3n) is 5.70. The van der Waals surface area contributed by atoms with Crippen molar-refractivity contribution < 1.29 is 0 Å². The van der Waals surface area contributed by atoms with Crippen LogP contribution in [0.3, 0.4) is 0 Å². The number of rotatable bonds is 3. The van der Waals surface area contributed by atoms with Gasteiger partial charge in [-0.05, 0) is 47.4 Å². The van der Waals surface area contributed by atoms with Crippen LogP contribution in [0.4, 0.5) is 0 Å². The number of hydrogen-bond acceptors (Lipinski definition) is 3. The van der Waals surface area contributed by atoms with Crippen molar-refractivity contribution in [2.24, 2.45) is 0 Å². The predicted molar refractivity (Wildman–Crippen MR) is 136 cm³/mol. The number of halogens is 1. The SMILES string of the molecule is CC(C)(C)c1ccc(-c2nc3c(ncn3-c3ccccc3)c(=O)n2-c2ccc(Br)cc2)cc1. The first-order valence-electron chi connectivity index (χ1n) is 10.8. The van der Waals surface area contributed by atoms with E-state index in [1.54, 1.807) is 10.9 Å². The lowest BCUT2D eigenvalue weighted by molar-refractivity contribution is 0.590. The summed E-state index contributed by atoms with van der Waals surface area (Å²) < 4.78 is 4.44. The molecule has 5 nitrogen and oxygen atoms in total. The molecule has 2 heterocycles. The van der Waals surface area contributed by atoms with Crippen LogP contribution in [-0.2, 0) is 5.41 Å². The van der Waals surface area contributed by atoms with Gasteiger partial charge in [-0.15, -0.1) is 0 Å². The lowest BCUT2D eigenvalue weighted by Gasteiger charge is -2.19. The maximum atomic E-state index is 13.7. The molecule has 0 saturated heterocycles. The van der Waals surface area contributed by atoms with Gasteiger partial charge in [-0.2, -0.15) is 0 Å². The number of aromatic nitrogens is 4. The quantitative estimate of drug-likeness (QED) is 0.293. The van der Waals surface area contributed by atoms with Crippen molar-refractivity contribution in [1.29, 1.82) is 0 Å². The van der Waals surface area contributed by atoms with Crippen LogP contribution in [0.1, 0.15) is 26.3 Å². The van der Waals surface area contributed by atoms with Crippen LogP contribution in [0.2, 0.25) is 0 Å². The molecular formula is C27H23BrN4O. The van der Waals surface area contributed by atoms with Gasteiger partial charge >= 0.3 is 0 Å². The van der Waals surface area contributed by atoms with E-state index in [0.29, 0.717) is 17.0 Å². The van der Waals surface area contributed by atoms with E-state index in [4.69, 9.17) is 4.98 Å². The average Bonchev–Trinajstić information content (AvgIpc) is 3.24. The van der Waals surface area contributed by atoms with Crippen LogP contribution in [0.25, 0.3) is 33.9 Å². The topological polar surface area (TPSA) is 52.7 Å². The van der Waals surface area contributed by atoms with Gasteiger partial charge in [0, 0.05) is 15.7 Å². The van der Waals surface area contributed by atoms with Crippen molar-refractivity contribution >= 4 is 27.1 Å². The summed E-state index contributed by atoms with van der Waals surface area (Å²) in [6.07, 6.45) is 1.66. The van der Waals surface area contributed by atoms with Gasteiger partial charge in [0.1, 0.15) is 12.2 Å². The summed E-state index contributed by atoms with van der Waals surface area (Å²) in [5.74, 6) is 0.577. The number of benzene rings is 3. The van der Waals surface area contributed by atoms with Gasteiger partial charge in [-0.25, -0.2) is 9.97 Å². The molecule has 0 N–H and O–H groups in total. The Balaban J connectivity index is 1.80. The van der Waals surface area contributed by atoms with Crippen molar-refractivity contribution in [1.82, 2.24) is 19.1 Å². The Morgan fingerprint density at radius 3 is 2.12 bits per heavy atom. The summed E-state index contributed by atoms with van der Waals surface area (Å²) in [4.78, 5) is 23.1. The number of nitrogens with zero attached hydrogens (tertiary/aromatic N) is 4. The van der Waals surface area contributed by atoms with Crippen LogP contribution < -0.4 is 5.56 Å². The highest BCUT2D eigenvalue weighted by Gasteiger charge is 2.20. The van der Waals surface area contributed by atoms with Crippen LogP contribution >= 0.6 is 15.9 Å². The van der Waals surface area contributed by atoms with Crippen molar-refractivity contribution in [2.45, 2.75) is 26.2 Å². The Morgan fingerprint density at radius 1 is 0.818 bits per heavy atom. The summed E-state index contributed by atoms with van der Waals surface area (Å²) in [5.41, 5.74) is 4.43. The molecule has 0 radical (unpaired) electrons. The second-order valence-electron chi connectivity index (χ2n) is 9.00. The normalized spacial score (nSPS) is 11.8. The van der Waals surface area contributed by atoms with E-state index in [0.717, 1.165) is 21.4 Å². The Bertz CT molecular complexity index is 1490. The highest BCUT2D eigenvalue weighted by atomic mass is 79.9. The highest BCUT2D eigenvalue weighted by Crippen LogP contribution is 2.28. The molecule has 33 heavy (non-hydrogen) atoms. The monoisotopic (exact) mass is 498 g/mol. The smallest absolute Gasteiger partial charge is 0.283 e. The Kier molecular flexibility index (Phi) is 5.25. The van der Waals surface area contributed by atoms with Gasteiger partial charge in [0.2, 0.25) is 0 Å². The molecule has 5 rings (SSSR count). The molecule has 0 unspecified atom stereocenters. The van der Waals surface area contributed by atoms with Gasteiger partial charge < -0.3 is 0 Å². The van der Waals surface area contributed by atoms with Crippen molar-refractivity contribution in [2.75, 3.05) is 0 Å². The Labute approximate surface area is 200 Å². The molecule has 0 atom stereocenters. The third-order valence-corrected chi connectivity index (χ3v) is 6.23. The Hall–Kier alpha value is -3.51. The average molecular weight is 499 g/mol. The molecule has 0 bridgehead atoms. The third kappa shape index (κ3) is 3.91. The molecule has 0 spiro atoms. The molecule has 164 valence electrons. The molecule has 0 saturated carbocycles. The minimum Gasteiger partial charge on any atom is -0.283 e. The van der Waals surface area contributed by atoms with Crippen molar-refractivity contribution in [3.63, 3.8) is 0 Å². The van der Waals surface area contributed by atoms with E-state index in [2.05, 4.69) is 53.8 Å². The molecule has 0 aliphatic carbocycles. The summed E-state index contributed by atoms with van der Waals surface area (Å²) in [5, 5.41) is 0. The van der Waals surface area contributed by atoms with Gasteiger partial charge in [0.15, 0.2) is 11.2 Å². The van der Waals surface area contributed by atoms with E-state index in [1.165, 1.54) is 5.56 Å². The zero-order chi connectivity index (χ0) is 23.2. The minimum absolute atomic E-state index is 0.0349. The minimum atomic E-state index is -0.202. The maximum Gasteiger partial charge on any atom is 0.286 e. The first kappa shape index (κ1) is 21.3. The lowest BCUT2D eigenvalue weighted by Crippen LogP contribution is -2.22. The molecule has 2 aromatic heterocycles. The van der Waals surface area contributed by atoms with E-state index in [9.17, 15) is 4.79 Å². The molecule has 0 fully saturated rings. The largest absolute Gasteiger partial charge is 0.286 e. The number of hydrogen-bond donors (Lipinski definition) is 0. The summed E-state index contributed by atoms with van der Waals surface area (Å²) in [6.45, 7) is 6.55. The van der Waals surface area contributed by atoms with E-state index in [-0.39, 0.29) is 11.0 Å².